The number of aliphatic hydroxyl groups is 1. The minimum absolute atomic E-state index is 0.00191. The first-order valence-electron chi connectivity index (χ1n) is 11.9. The average Bonchev–Trinajstić information content (AvgIpc) is 2.82. The topological polar surface area (TPSA) is 272 Å². The Bertz CT molecular complexity index is 881. The summed E-state index contributed by atoms with van der Waals surface area (Å²) >= 11 is 0. The third-order valence-electron chi connectivity index (χ3n) is 5.11. The van der Waals surface area contributed by atoms with Crippen LogP contribution in [0.3, 0.4) is 0 Å². The van der Waals surface area contributed by atoms with Crippen LogP contribution in [0.5, 0.6) is 0 Å². The molecule has 11 N–H and O–H groups in total. The molecule has 0 bridgehead atoms. The molecule has 0 saturated heterocycles. The van der Waals surface area contributed by atoms with E-state index < -0.39 is 84.8 Å². The van der Waals surface area contributed by atoms with E-state index in [1.54, 1.807) is 0 Å². The third kappa shape index (κ3) is 13.5. The largest absolute Gasteiger partial charge is 0.480 e. The number of hydrogen-bond acceptors (Lipinski definition) is 9. The Kier molecular flexibility index (Phi) is 15.2. The first-order chi connectivity index (χ1) is 17.6. The van der Waals surface area contributed by atoms with Crippen LogP contribution in [0.15, 0.2) is 0 Å². The smallest absolute Gasteiger partial charge is 0.326 e. The van der Waals surface area contributed by atoms with Crippen molar-refractivity contribution in [3.05, 3.63) is 0 Å². The maximum Gasteiger partial charge on any atom is 0.326 e. The van der Waals surface area contributed by atoms with Gasteiger partial charge in [0.05, 0.1) is 13.2 Å². The molecule has 0 aromatic carbocycles. The predicted molar refractivity (Wildman–Crippen MR) is 133 cm³/mol. The van der Waals surface area contributed by atoms with Gasteiger partial charge in [0, 0.05) is 6.42 Å². The lowest BCUT2D eigenvalue weighted by molar-refractivity contribution is -0.142. The van der Waals surface area contributed by atoms with Crippen molar-refractivity contribution in [1.82, 2.24) is 26.6 Å². The average molecular weight is 546 g/mol. The van der Waals surface area contributed by atoms with E-state index in [-0.39, 0.29) is 25.2 Å². The van der Waals surface area contributed by atoms with Gasteiger partial charge in [-0.05, 0) is 32.6 Å². The second kappa shape index (κ2) is 16.9. The summed E-state index contributed by atoms with van der Waals surface area (Å²) in [6.45, 7) is 5.11. The quantitative estimate of drug-likeness (QED) is 0.0849. The fraction of sp³-hybridized carbons (Fsp3) is 0.682. The molecule has 0 spiro atoms. The lowest BCUT2D eigenvalue weighted by atomic mass is 10.0. The molecule has 5 atom stereocenters. The Balaban J connectivity index is 4.82. The van der Waals surface area contributed by atoms with Gasteiger partial charge in [0.2, 0.25) is 35.4 Å². The number of primary amides is 1. The second-order valence-electron chi connectivity index (χ2n) is 9.12. The predicted octanol–water partition coefficient (Wildman–Crippen LogP) is -4.20. The molecule has 0 heterocycles. The van der Waals surface area contributed by atoms with Gasteiger partial charge in [-0.1, -0.05) is 13.8 Å². The van der Waals surface area contributed by atoms with Crippen molar-refractivity contribution in [2.75, 3.05) is 13.2 Å². The molecule has 38 heavy (non-hydrogen) atoms. The zero-order valence-electron chi connectivity index (χ0n) is 21.9. The van der Waals surface area contributed by atoms with Crippen molar-refractivity contribution < 1.29 is 43.8 Å². The fourth-order valence-corrected chi connectivity index (χ4v) is 2.96. The normalized spacial score (nSPS) is 14.7. The number of carboxylic acids is 1. The van der Waals surface area contributed by atoms with Gasteiger partial charge in [0.25, 0.3) is 0 Å². The Hall–Kier alpha value is -3.79. The molecular weight excluding hydrogens is 506 g/mol. The van der Waals surface area contributed by atoms with Crippen LogP contribution in [0.1, 0.15) is 47.0 Å². The van der Waals surface area contributed by atoms with Crippen LogP contribution >= 0.6 is 0 Å². The second-order valence-corrected chi connectivity index (χ2v) is 9.12. The number of nitrogens with two attached hydrogens (primary N) is 2. The third-order valence-corrected chi connectivity index (χ3v) is 5.11. The number of carboxylic acid groups (broad SMARTS) is 1. The van der Waals surface area contributed by atoms with E-state index in [1.807, 2.05) is 13.8 Å². The highest BCUT2D eigenvalue weighted by Crippen LogP contribution is 2.05. The summed E-state index contributed by atoms with van der Waals surface area (Å²) in [5.74, 6) is -5.85. The zero-order valence-corrected chi connectivity index (χ0v) is 21.9. The summed E-state index contributed by atoms with van der Waals surface area (Å²) < 4.78 is 0. The van der Waals surface area contributed by atoms with Gasteiger partial charge in [-0.25, -0.2) is 4.79 Å². The van der Waals surface area contributed by atoms with Crippen LogP contribution < -0.4 is 38.1 Å². The molecule has 16 nitrogen and oxygen atoms in total. The lowest BCUT2D eigenvalue weighted by Gasteiger charge is -2.22. The lowest BCUT2D eigenvalue weighted by Crippen LogP contribution is -2.56. The Morgan fingerprint density at radius 3 is 1.79 bits per heavy atom. The van der Waals surface area contributed by atoms with E-state index in [1.165, 1.54) is 13.8 Å². The highest BCUT2D eigenvalue weighted by molar-refractivity contribution is 5.95. The van der Waals surface area contributed by atoms with Gasteiger partial charge in [-0.3, -0.25) is 28.8 Å². The molecule has 0 aliphatic rings. The zero-order chi connectivity index (χ0) is 29.6. The summed E-state index contributed by atoms with van der Waals surface area (Å²) in [6.07, 6.45) is -0.259. The number of hydrogen-bond donors (Lipinski definition) is 9. The van der Waals surface area contributed by atoms with Crippen LogP contribution in [0.2, 0.25) is 0 Å². The standard InChI is InChI=1S/C22H39N7O9/c1-10(2)7-15(29-20(35)13(23)9-30)21(36)25-8-17(32)26-11(3)18(33)27-12(4)19(34)28-14(22(37)38)5-6-16(24)31/h10-15,30H,5-9,23H2,1-4H3,(H2,24,31)(H,25,36)(H,26,32)(H,27,33)(H,28,34)(H,29,35)(H,37,38)/t11-,12-,13-,14-,15-/m0/s1. The van der Waals surface area contributed by atoms with E-state index in [4.69, 9.17) is 21.7 Å². The van der Waals surface area contributed by atoms with Gasteiger partial charge in [-0.2, -0.15) is 0 Å². The highest BCUT2D eigenvalue weighted by Gasteiger charge is 2.27. The first kappa shape index (κ1) is 34.2. The highest BCUT2D eigenvalue weighted by atomic mass is 16.4. The van der Waals surface area contributed by atoms with Crippen molar-refractivity contribution in [3.63, 3.8) is 0 Å². The first-order valence-corrected chi connectivity index (χ1v) is 11.9. The summed E-state index contributed by atoms with van der Waals surface area (Å²) in [6, 6.07) is -5.92. The molecule has 6 amide bonds. The van der Waals surface area contributed by atoms with E-state index in [0.29, 0.717) is 0 Å². The number of nitrogens with one attached hydrogen (secondary N) is 5. The summed E-state index contributed by atoms with van der Waals surface area (Å²) in [5, 5.41) is 29.8. The van der Waals surface area contributed by atoms with Crippen molar-refractivity contribution in [2.24, 2.45) is 17.4 Å². The molecule has 0 aliphatic carbocycles. The van der Waals surface area contributed by atoms with Crippen molar-refractivity contribution >= 4 is 41.4 Å². The van der Waals surface area contributed by atoms with Crippen LogP contribution in [-0.4, -0.2) is 95.0 Å². The monoisotopic (exact) mass is 545 g/mol. The molecule has 0 saturated carbocycles. The number of aliphatic hydroxyl groups excluding tert-OH is 1. The summed E-state index contributed by atoms with van der Waals surface area (Å²) in [5.41, 5.74) is 10.4. The molecule has 0 fully saturated rings. The minimum Gasteiger partial charge on any atom is -0.480 e. The minimum atomic E-state index is -1.39. The summed E-state index contributed by atoms with van der Waals surface area (Å²) in [4.78, 5) is 83.4. The molecule has 0 unspecified atom stereocenters. The van der Waals surface area contributed by atoms with Gasteiger partial charge < -0.3 is 48.3 Å². The van der Waals surface area contributed by atoms with E-state index >= 15 is 0 Å². The van der Waals surface area contributed by atoms with Crippen LogP contribution in [0, 0.1) is 5.92 Å². The van der Waals surface area contributed by atoms with Crippen LogP contribution in [0.25, 0.3) is 0 Å². The Morgan fingerprint density at radius 2 is 1.29 bits per heavy atom. The molecule has 0 rings (SSSR count). The fourth-order valence-electron chi connectivity index (χ4n) is 2.96. The molecule has 0 aromatic rings. The van der Waals surface area contributed by atoms with E-state index in [0.717, 1.165) is 0 Å². The molecule has 0 radical (unpaired) electrons. The summed E-state index contributed by atoms with van der Waals surface area (Å²) in [7, 11) is 0. The molecule has 16 heteroatoms. The van der Waals surface area contributed by atoms with E-state index in [2.05, 4.69) is 26.6 Å². The number of carbonyl (C=O) groups excluding carboxylic acids is 6. The molecule has 0 aliphatic heterocycles. The molecular formula is C22H39N7O9. The Morgan fingerprint density at radius 1 is 0.763 bits per heavy atom. The maximum atomic E-state index is 12.5. The van der Waals surface area contributed by atoms with Crippen molar-refractivity contribution in [2.45, 2.75) is 77.2 Å². The Labute approximate surface area is 220 Å². The van der Waals surface area contributed by atoms with Crippen LogP contribution in [0.4, 0.5) is 0 Å². The number of carbonyl (C=O) groups is 7. The van der Waals surface area contributed by atoms with Gasteiger partial charge in [-0.15, -0.1) is 0 Å². The maximum absolute atomic E-state index is 12.5. The number of aliphatic carboxylic acids is 1. The van der Waals surface area contributed by atoms with Crippen molar-refractivity contribution in [1.29, 1.82) is 0 Å². The van der Waals surface area contributed by atoms with Gasteiger partial charge >= 0.3 is 5.97 Å². The molecule has 216 valence electrons. The molecule has 0 aromatic heterocycles. The van der Waals surface area contributed by atoms with Crippen LogP contribution in [-0.2, 0) is 33.6 Å². The van der Waals surface area contributed by atoms with E-state index in [9.17, 15) is 33.6 Å². The SMILES string of the molecule is CC(C)C[C@H](NC(=O)[C@@H](N)CO)C(=O)NCC(=O)N[C@@H](C)C(=O)N[C@@H](C)C(=O)N[C@@H](CCC(N)=O)C(=O)O. The van der Waals surface area contributed by atoms with Gasteiger partial charge in [0.1, 0.15) is 30.2 Å². The van der Waals surface area contributed by atoms with Gasteiger partial charge in [0.15, 0.2) is 0 Å². The van der Waals surface area contributed by atoms with Crippen molar-refractivity contribution in [3.8, 4) is 0 Å². The number of amides is 6. The number of rotatable bonds is 17.